The van der Waals surface area contributed by atoms with Crippen molar-refractivity contribution < 1.29 is 5.11 Å². The van der Waals surface area contributed by atoms with E-state index in [1.54, 1.807) is 0 Å². The molecule has 0 saturated heterocycles. The lowest BCUT2D eigenvalue weighted by molar-refractivity contribution is 0.220. The maximum absolute atomic E-state index is 9.27. The summed E-state index contributed by atoms with van der Waals surface area (Å²) in [4.78, 5) is 2.30. The van der Waals surface area contributed by atoms with Crippen LogP contribution in [0.25, 0.3) is 0 Å². The van der Waals surface area contributed by atoms with Crippen molar-refractivity contribution >= 4 is 12.4 Å². The summed E-state index contributed by atoms with van der Waals surface area (Å²) in [5.74, 6) is 0. The smallest absolute Gasteiger partial charge is 0.0558 e. The fraction of sp³-hybridized carbons (Fsp3) is 0.636. The van der Waals surface area contributed by atoms with Crippen LogP contribution >= 0.6 is 12.4 Å². The molecule has 0 spiro atoms. The first-order valence-corrected chi connectivity index (χ1v) is 9.26. The van der Waals surface area contributed by atoms with Crippen LogP contribution in [0.15, 0.2) is 46.6 Å². The van der Waals surface area contributed by atoms with Crippen molar-refractivity contribution in [1.29, 1.82) is 0 Å². The van der Waals surface area contributed by atoms with E-state index < -0.39 is 0 Å². The summed E-state index contributed by atoms with van der Waals surface area (Å²) in [6, 6.07) is 0. The van der Waals surface area contributed by atoms with Crippen LogP contribution in [-0.4, -0.2) is 36.2 Å². The monoisotopic (exact) mass is 369 g/mol. The molecule has 0 aliphatic heterocycles. The Morgan fingerprint density at radius 3 is 1.44 bits per heavy atom. The van der Waals surface area contributed by atoms with Crippen LogP contribution in [-0.2, 0) is 0 Å². The van der Waals surface area contributed by atoms with E-state index in [-0.39, 0.29) is 19.0 Å². The molecule has 0 fully saturated rings. The van der Waals surface area contributed by atoms with E-state index in [0.29, 0.717) is 0 Å². The summed E-state index contributed by atoms with van der Waals surface area (Å²) in [7, 11) is 0. The second kappa shape index (κ2) is 16.6. The van der Waals surface area contributed by atoms with Crippen molar-refractivity contribution in [3.63, 3.8) is 0 Å². The Morgan fingerprint density at radius 2 is 1.12 bits per heavy atom. The van der Waals surface area contributed by atoms with Crippen LogP contribution in [0.4, 0.5) is 0 Å². The molecule has 0 atom stereocenters. The number of aliphatic hydroxyl groups is 1. The molecule has 25 heavy (non-hydrogen) atoms. The summed E-state index contributed by atoms with van der Waals surface area (Å²) in [5.41, 5.74) is 5.64. The van der Waals surface area contributed by atoms with Crippen molar-refractivity contribution in [2.45, 2.75) is 67.2 Å². The molecule has 2 nitrogen and oxygen atoms in total. The summed E-state index contributed by atoms with van der Waals surface area (Å²) >= 11 is 0. The van der Waals surface area contributed by atoms with E-state index in [4.69, 9.17) is 0 Å². The van der Waals surface area contributed by atoms with E-state index in [0.717, 1.165) is 45.3 Å². The zero-order chi connectivity index (χ0) is 18.4. The van der Waals surface area contributed by atoms with Gasteiger partial charge in [0.2, 0.25) is 0 Å². The highest BCUT2D eigenvalue weighted by atomic mass is 35.5. The van der Waals surface area contributed by atoms with Gasteiger partial charge in [0.05, 0.1) is 6.61 Å². The number of nitrogens with zero attached hydrogens (tertiary/aromatic N) is 1. The highest BCUT2D eigenvalue weighted by Crippen LogP contribution is 2.09. The predicted molar refractivity (Wildman–Crippen MR) is 116 cm³/mol. The minimum absolute atomic E-state index is 0. The molecular formula is C22H40ClNO. The number of allylic oxidation sites excluding steroid dienone is 6. The van der Waals surface area contributed by atoms with E-state index in [9.17, 15) is 5.11 Å². The lowest BCUT2D eigenvalue weighted by atomic mass is 10.1. The number of halogens is 1. The van der Waals surface area contributed by atoms with Crippen LogP contribution in [0.5, 0.6) is 0 Å². The minimum Gasteiger partial charge on any atom is -0.395 e. The summed E-state index contributed by atoms with van der Waals surface area (Å²) in [6.45, 7) is 15.8. The van der Waals surface area contributed by atoms with E-state index in [1.165, 1.54) is 22.3 Å². The molecule has 0 amide bonds. The van der Waals surface area contributed by atoms with Crippen molar-refractivity contribution in [1.82, 2.24) is 4.90 Å². The third kappa shape index (κ3) is 17.8. The zero-order valence-electron chi connectivity index (χ0n) is 17.3. The molecule has 146 valence electrons. The molecule has 0 aromatic heterocycles. The number of rotatable bonds is 12. The van der Waals surface area contributed by atoms with E-state index in [2.05, 4.69) is 70.7 Å². The first-order valence-electron chi connectivity index (χ1n) is 9.26. The third-order valence-electron chi connectivity index (χ3n) is 3.99. The molecule has 0 rings (SSSR count). The van der Waals surface area contributed by atoms with Gasteiger partial charge in [0.25, 0.3) is 0 Å². The lowest BCUT2D eigenvalue weighted by Gasteiger charge is -2.18. The molecule has 0 radical (unpaired) electrons. The van der Waals surface area contributed by atoms with Gasteiger partial charge in [-0.3, -0.25) is 4.90 Å². The van der Waals surface area contributed by atoms with Gasteiger partial charge in [-0.25, -0.2) is 0 Å². The standard InChI is InChI=1S/C22H39NO.ClH/c1-19(2)9-7-11-21(5)13-15-23(17-18-24)16-14-22(6)12-8-10-20(3)4;/h9-10,13-14,24H,7-8,11-12,15-18H2,1-6H3;1H. The molecule has 0 aliphatic rings. The topological polar surface area (TPSA) is 23.5 Å². The Morgan fingerprint density at radius 1 is 0.720 bits per heavy atom. The van der Waals surface area contributed by atoms with Gasteiger partial charge in [-0.1, -0.05) is 46.6 Å². The molecular weight excluding hydrogens is 330 g/mol. The Labute approximate surface area is 162 Å². The average molecular weight is 370 g/mol. The quantitative estimate of drug-likeness (QED) is 0.421. The third-order valence-corrected chi connectivity index (χ3v) is 3.99. The summed E-state index contributed by atoms with van der Waals surface area (Å²) in [5, 5.41) is 9.27. The first-order chi connectivity index (χ1) is 11.3. The van der Waals surface area contributed by atoms with Gasteiger partial charge < -0.3 is 5.11 Å². The zero-order valence-corrected chi connectivity index (χ0v) is 18.1. The average Bonchev–Trinajstić information content (AvgIpc) is 2.49. The van der Waals surface area contributed by atoms with Gasteiger partial charge >= 0.3 is 0 Å². The predicted octanol–water partition coefficient (Wildman–Crippen LogP) is 6.09. The summed E-state index contributed by atoms with van der Waals surface area (Å²) in [6.07, 6.45) is 13.7. The number of hydrogen-bond donors (Lipinski definition) is 1. The highest BCUT2D eigenvalue weighted by molar-refractivity contribution is 5.85. The molecule has 0 aromatic rings. The van der Waals surface area contributed by atoms with Gasteiger partial charge in [0, 0.05) is 19.6 Å². The molecule has 0 bridgehead atoms. The van der Waals surface area contributed by atoms with Crippen LogP contribution in [0.1, 0.15) is 67.2 Å². The van der Waals surface area contributed by atoms with Gasteiger partial charge in [-0.05, 0) is 67.2 Å². The highest BCUT2D eigenvalue weighted by Gasteiger charge is 2.01. The summed E-state index contributed by atoms with van der Waals surface area (Å²) < 4.78 is 0. The maximum Gasteiger partial charge on any atom is 0.0558 e. The van der Waals surface area contributed by atoms with Crippen LogP contribution in [0.3, 0.4) is 0 Å². The van der Waals surface area contributed by atoms with Gasteiger partial charge in [-0.15, -0.1) is 12.4 Å². The second-order valence-corrected chi connectivity index (χ2v) is 7.22. The van der Waals surface area contributed by atoms with Gasteiger partial charge in [0.1, 0.15) is 0 Å². The normalized spacial score (nSPS) is 12.0. The largest absolute Gasteiger partial charge is 0.395 e. The Hall–Kier alpha value is -0.830. The lowest BCUT2D eigenvalue weighted by Crippen LogP contribution is -2.27. The van der Waals surface area contributed by atoms with E-state index >= 15 is 0 Å². The van der Waals surface area contributed by atoms with Crippen LogP contribution in [0.2, 0.25) is 0 Å². The Balaban J connectivity index is 0. The van der Waals surface area contributed by atoms with Crippen molar-refractivity contribution in [3.8, 4) is 0 Å². The minimum atomic E-state index is 0. The molecule has 0 unspecified atom stereocenters. The first kappa shape index (κ1) is 26.4. The van der Waals surface area contributed by atoms with E-state index in [1.807, 2.05) is 0 Å². The van der Waals surface area contributed by atoms with Crippen LogP contribution < -0.4 is 0 Å². The molecule has 1 N–H and O–H groups in total. The van der Waals surface area contributed by atoms with Crippen molar-refractivity contribution in [2.24, 2.45) is 0 Å². The molecule has 0 aromatic carbocycles. The number of aliphatic hydroxyl groups excluding tert-OH is 1. The van der Waals surface area contributed by atoms with Gasteiger partial charge in [-0.2, -0.15) is 0 Å². The SMILES string of the molecule is CC(C)=CCCC(C)=CCN(CC=C(C)CCC=C(C)C)CCO.Cl. The molecule has 3 heteroatoms. The van der Waals surface area contributed by atoms with Crippen molar-refractivity contribution in [2.75, 3.05) is 26.2 Å². The molecule has 0 saturated carbocycles. The maximum atomic E-state index is 9.27. The Bertz CT molecular complexity index is 413. The molecule has 0 aliphatic carbocycles. The van der Waals surface area contributed by atoms with Gasteiger partial charge in [0.15, 0.2) is 0 Å². The fourth-order valence-electron chi connectivity index (χ4n) is 2.35. The fourth-order valence-corrected chi connectivity index (χ4v) is 2.35. The second-order valence-electron chi connectivity index (χ2n) is 7.22. The molecule has 0 heterocycles. The Kier molecular flexibility index (Phi) is 17.6. The number of hydrogen-bond acceptors (Lipinski definition) is 2. The van der Waals surface area contributed by atoms with Crippen LogP contribution in [0, 0.1) is 0 Å². The van der Waals surface area contributed by atoms with Crippen molar-refractivity contribution in [3.05, 3.63) is 46.6 Å².